The molecular weight excluding hydrogens is 160 g/mol. The Hall–Kier alpha value is -0.500. The van der Waals surface area contributed by atoms with Gasteiger partial charge in [0.15, 0.2) is 0 Å². The quantitative estimate of drug-likeness (QED) is 0.669. The van der Waals surface area contributed by atoms with Gasteiger partial charge in [0.05, 0.1) is 0 Å². The van der Waals surface area contributed by atoms with E-state index in [0.717, 1.165) is 12.2 Å². The van der Waals surface area contributed by atoms with E-state index in [4.69, 9.17) is 11.6 Å². The average molecular weight is 173 g/mol. The normalized spacial score (nSPS) is 11.0. The predicted octanol–water partition coefficient (Wildman–Crippen LogP) is 2.27. The highest BCUT2D eigenvalue weighted by Gasteiger charge is 2.04. The van der Waals surface area contributed by atoms with Crippen molar-refractivity contribution in [3.05, 3.63) is 17.2 Å². The van der Waals surface area contributed by atoms with Gasteiger partial charge < -0.3 is 4.57 Å². The molecule has 62 valence electrons. The van der Waals surface area contributed by atoms with Gasteiger partial charge in [0.25, 0.3) is 0 Å². The van der Waals surface area contributed by atoms with Crippen LogP contribution in [-0.2, 0) is 13.5 Å². The van der Waals surface area contributed by atoms with Gasteiger partial charge in [-0.05, 0) is 5.92 Å². The van der Waals surface area contributed by atoms with Crippen LogP contribution in [0.1, 0.15) is 19.7 Å². The molecule has 0 aliphatic rings. The standard InChI is InChI=1S/C8H13ClN2/c1-6(2)4-8-10-7(9)5-11(8)3/h5-6H,4H2,1-3H3. The van der Waals surface area contributed by atoms with Gasteiger partial charge in [0, 0.05) is 19.7 Å². The molecule has 1 heterocycles. The first kappa shape index (κ1) is 8.60. The second-order valence-corrected chi connectivity index (χ2v) is 3.58. The van der Waals surface area contributed by atoms with Crippen LogP contribution in [0.25, 0.3) is 0 Å². The SMILES string of the molecule is CC(C)Cc1nc(Cl)cn1C. The van der Waals surface area contributed by atoms with Gasteiger partial charge in [-0.15, -0.1) is 0 Å². The van der Waals surface area contributed by atoms with E-state index in [0.29, 0.717) is 11.1 Å². The highest BCUT2D eigenvalue weighted by atomic mass is 35.5. The van der Waals surface area contributed by atoms with Crippen molar-refractivity contribution in [2.24, 2.45) is 13.0 Å². The van der Waals surface area contributed by atoms with Crippen molar-refractivity contribution in [1.82, 2.24) is 9.55 Å². The van der Waals surface area contributed by atoms with Crippen molar-refractivity contribution >= 4 is 11.6 Å². The molecule has 1 rings (SSSR count). The molecule has 0 aromatic carbocycles. The van der Waals surface area contributed by atoms with E-state index in [1.54, 1.807) is 0 Å². The Morgan fingerprint density at radius 2 is 2.27 bits per heavy atom. The van der Waals surface area contributed by atoms with Crippen LogP contribution in [0.2, 0.25) is 5.15 Å². The summed E-state index contributed by atoms with van der Waals surface area (Å²) in [7, 11) is 1.97. The maximum Gasteiger partial charge on any atom is 0.147 e. The second kappa shape index (κ2) is 3.26. The molecule has 0 radical (unpaired) electrons. The molecule has 0 saturated heterocycles. The molecule has 0 aliphatic carbocycles. The molecule has 0 aliphatic heterocycles. The van der Waals surface area contributed by atoms with Crippen molar-refractivity contribution in [1.29, 1.82) is 0 Å². The number of hydrogen-bond acceptors (Lipinski definition) is 1. The van der Waals surface area contributed by atoms with Gasteiger partial charge in [-0.2, -0.15) is 0 Å². The van der Waals surface area contributed by atoms with Crippen molar-refractivity contribution in [3.63, 3.8) is 0 Å². The summed E-state index contributed by atoms with van der Waals surface area (Å²) in [6.07, 6.45) is 2.82. The lowest BCUT2D eigenvalue weighted by Crippen LogP contribution is -2.01. The third kappa shape index (κ3) is 2.22. The monoisotopic (exact) mass is 172 g/mol. The molecule has 1 aromatic heterocycles. The topological polar surface area (TPSA) is 17.8 Å². The van der Waals surface area contributed by atoms with Crippen LogP contribution in [0.5, 0.6) is 0 Å². The van der Waals surface area contributed by atoms with Gasteiger partial charge in [0.2, 0.25) is 0 Å². The second-order valence-electron chi connectivity index (χ2n) is 3.19. The average Bonchev–Trinajstić information content (AvgIpc) is 2.09. The van der Waals surface area contributed by atoms with E-state index in [2.05, 4.69) is 18.8 Å². The minimum absolute atomic E-state index is 0.586. The van der Waals surface area contributed by atoms with Crippen LogP contribution in [0, 0.1) is 5.92 Å². The molecule has 0 bridgehead atoms. The van der Waals surface area contributed by atoms with E-state index in [9.17, 15) is 0 Å². The Bertz CT molecular complexity index is 240. The first-order valence-electron chi connectivity index (χ1n) is 3.77. The predicted molar refractivity (Wildman–Crippen MR) is 46.8 cm³/mol. The Kier molecular flexibility index (Phi) is 2.55. The minimum atomic E-state index is 0.586. The lowest BCUT2D eigenvalue weighted by atomic mass is 10.1. The lowest BCUT2D eigenvalue weighted by Gasteiger charge is -2.02. The summed E-state index contributed by atoms with van der Waals surface area (Å²) in [6.45, 7) is 4.34. The van der Waals surface area contributed by atoms with Crippen molar-refractivity contribution < 1.29 is 0 Å². The molecule has 0 amide bonds. The van der Waals surface area contributed by atoms with Crippen molar-refractivity contribution in [3.8, 4) is 0 Å². The molecular formula is C8H13ClN2. The van der Waals surface area contributed by atoms with Gasteiger partial charge in [-0.1, -0.05) is 25.4 Å². The highest BCUT2D eigenvalue weighted by molar-refractivity contribution is 6.29. The molecule has 1 aromatic rings. The number of aromatic nitrogens is 2. The zero-order valence-corrected chi connectivity index (χ0v) is 7.89. The van der Waals surface area contributed by atoms with Gasteiger partial charge in [-0.25, -0.2) is 4.98 Å². The fourth-order valence-corrected chi connectivity index (χ4v) is 1.26. The van der Waals surface area contributed by atoms with Crippen LogP contribution >= 0.6 is 11.6 Å². The summed E-state index contributed by atoms with van der Waals surface area (Å²) in [5, 5.41) is 0.586. The van der Waals surface area contributed by atoms with E-state index in [1.165, 1.54) is 0 Å². The summed E-state index contributed by atoms with van der Waals surface area (Å²) in [4.78, 5) is 4.18. The zero-order chi connectivity index (χ0) is 8.43. The van der Waals surface area contributed by atoms with Gasteiger partial charge >= 0.3 is 0 Å². The van der Waals surface area contributed by atoms with E-state index in [1.807, 2.05) is 17.8 Å². The summed E-state index contributed by atoms with van der Waals surface area (Å²) in [6, 6.07) is 0. The molecule has 0 saturated carbocycles. The first-order valence-corrected chi connectivity index (χ1v) is 4.15. The van der Waals surface area contributed by atoms with Crippen LogP contribution in [0.15, 0.2) is 6.20 Å². The molecule has 0 unspecified atom stereocenters. The summed E-state index contributed by atoms with van der Waals surface area (Å²) in [5.41, 5.74) is 0. The third-order valence-electron chi connectivity index (χ3n) is 1.53. The van der Waals surface area contributed by atoms with Crippen LogP contribution in [-0.4, -0.2) is 9.55 Å². The number of rotatable bonds is 2. The molecule has 0 spiro atoms. The molecule has 0 N–H and O–H groups in total. The first-order chi connectivity index (χ1) is 5.09. The number of halogens is 1. The third-order valence-corrected chi connectivity index (χ3v) is 1.72. The van der Waals surface area contributed by atoms with Gasteiger partial charge in [-0.3, -0.25) is 0 Å². The Balaban J connectivity index is 2.77. The van der Waals surface area contributed by atoms with Crippen LogP contribution in [0.3, 0.4) is 0 Å². The molecule has 0 fully saturated rings. The van der Waals surface area contributed by atoms with E-state index >= 15 is 0 Å². The van der Waals surface area contributed by atoms with Crippen molar-refractivity contribution in [2.45, 2.75) is 20.3 Å². The zero-order valence-electron chi connectivity index (χ0n) is 7.13. The smallest absolute Gasteiger partial charge is 0.147 e. The summed E-state index contributed by atoms with van der Waals surface area (Å²) >= 11 is 5.72. The number of nitrogens with zero attached hydrogens (tertiary/aromatic N) is 2. The van der Waals surface area contributed by atoms with Crippen LogP contribution in [0.4, 0.5) is 0 Å². The fraction of sp³-hybridized carbons (Fsp3) is 0.625. The lowest BCUT2D eigenvalue weighted by molar-refractivity contribution is 0.602. The molecule has 11 heavy (non-hydrogen) atoms. The fourth-order valence-electron chi connectivity index (χ4n) is 1.02. The van der Waals surface area contributed by atoms with E-state index in [-0.39, 0.29) is 0 Å². The Morgan fingerprint density at radius 3 is 2.64 bits per heavy atom. The number of imidazole rings is 1. The largest absolute Gasteiger partial charge is 0.336 e. The number of aryl methyl sites for hydroxylation is 1. The Labute approximate surface area is 72.2 Å². The van der Waals surface area contributed by atoms with E-state index < -0.39 is 0 Å². The molecule has 2 nitrogen and oxygen atoms in total. The molecule has 3 heteroatoms. The highest BCUT2D eigenvalue weighted by Crippen LogP contribution is 2.10. The van der Waals surface area contributed by atoms with Gasteiger partial charge in [0.1, 0.15) is 11.0 Å². The number of hydrogen-bond donors (Lipinski definition) is 0. The maximum absolute atomic E-state index is 5.72. The van der Waals surface area contributed by atoms with Crippen LogP contribution < -0.4 is 0 Å². The van der Waals surface area contributed by atoms with Crippen molar-refractivity contribution in [2.75, 3.05) is 0 Å². The Morgan fingerprint density at radius 1 is 1.64 bits per heavy atom. The summed E-state index contributed by atoms with van der Waals surface area (Å²) in [5.74, 6) is 1.69. The molecule has 0 atom stereocenters. The summed E-state index contributed by atoms with van der Waals surface area (Å²) < 4.78 is 1.97. The maximum atomic E-state index is 5.72. The minimum Gasteiger partial charge on any atom is -0.336 e.